The third-order valence-corrected chi connectivity index (χ3v) is 5.19. The second-order valence-electron chi connectivity index (χ2n) is 5.34. The van der Waals surface area contributed by atoms with Crippen LogP contribution in [0, 0.1) is 11.8 Å². The molecule has 0 aromatic carbocycles. The molecule has 2 N–H and O–H groups in total. The predicted molar refractivity (Wildman–Crippen MR) is 78.2 cm³/mol. The third-order valence-electron chi connectivity index (χ3n) is 4.04. The van der Waals surface area contributed by atoms with Gasteiger partial charge in [0.1, 0.15) is 11.0 Å². The molecule has 2 rings (SSSR count). The van der Waals surface area contributed by atoms with Crippen LogP contribution >= 0.6 is 0 Å². The van der Waals surface area contributed by atoms with Gasteiger partial charge >= 0.3 is 5.97 Å². The number of rotatable bonds is 5. The summed E-state index contributed by atoms with van der Waals surface area (Å²) in [5, 5.41) is 7.68. The Kier molecular flexibility index (Phi) is 5.12. The van der Waals surface area contributed by atoms with Crippen LogP contribution in [0.3, 0.4) is 0 Å². The zero-order valence-corrected chi connectivity index (χ0v) is 13.2. The van der Waals surface area contributed by atoms with E-state index in [-0.39, 0.29) is 17.7 Å². The summed E-state index contributed by atoms with van der Waals surface area (Å²) in [4.78, 5) is 27.9. The molecule has 9 heteroatoms. The third kappa shape index (κ3) is 3.41. The van der Waals surface area contributed by atoms with Crippen molar-refractivity contribution in [3.05, 3.63) is 29.6 Å². The van der Waals surface area contributed by atoms with Crippen molar-refractivity contribution in [3.63, 3.8) is 0 Å². The first-order valence-corrected chi connectivity index (χ1v) is 8.44. The SMILES string of the molecule is COC(=O)c1cccnc1C(C1C(=O)CCC1CO)S(=O)(=O)O. The number of hydrogen-bond donors (Lipinski definition) is 2. The fourth-order valence-corrected chi connectivity index (χ4v) is 4.20. The van der Waals surface area contributed by atoms with Crippen molar-refractivity contribution in [1.29, 1.82) is 0 Å². The number of aromatic nitrogens is 1. The van der Waals surface area contributed by atoms with Crippen molar-refractivity contribution in [2.24, 2.45) is 11.8 Å². The van der Waals surface area contributed by atoms with Gasteiger partial charge in [-0.2, -0.15) is 8.42 Å². The van der Waals surface area contributed by atoms with Gasteiger partial charge in [0, 0.05) is 25.1 Å². The van der Waals surface area contributed by atoms with Gasteiger partial charge in [-0.25, -0.2) is 4.79 Å². The van der Waals surface area contributed by atoms with Crippen LogP contribution in [-0.2, 0) is 19.6 Å². The molecule has 0 aliphatic heterocycles. The number of hydrogen-bond acceptors (Lipinski definition) is 7. The van der Waals surface area contributed by atoms with E-state index in [9.17, 15) is 27.7 Å². The number of esters is 1. The van der Waals surface area contributed by atoms with Crippen molar-refractivity contribution in [2.75, 3.05) is 13.7 Å². The average Bonchev–Trinajstić information content (AvgIpc) is 2.87. The molecule has 1 heterocycles. The van der Waals surface area contributed by atoms with E-state index in [0.29, 0.717) is 6.42 Å². The van der Waals surface area contributed by atoms with E-state index < -0.39 is 45.6 Å². The standard InChI is InChI=1S/C14H17NO7S/c1-22-14(18)9-3-2-6-15-12(9)13(23(19,20)21)11-8(7-16)4-5-10(11)17/h2-3,6,8,11,13,16H,4-5,7H2,1H3,(H,19,20,21). The Hall–Kier alpha value is -1.84. The minimum Gasteiger partial charge on any atom is -0.465 e. The molecule has 0 radical (unpaired) electrons. The Morgan fingerprint density at radius 1 is 1.52 bits per heavy atom. The van der Waals surface area contributed by atoms with Crippen molar-refractivity contribution >= 4 is 21.9 Å². The van der Waals surface area contributed by atoms with Gasteiger partial charge in [-0.05, 0) is 24.5 Å². The zero-order chi connectivity index (χ0) is 17.2. The second-order valence-corrected chi connectivity index (χ2v) is 6.87. The van der Waals surface area contributed by atoms with Crippen LogP contribution in [0.15, 0.2) is 18.3 Å². The molecule has 3 unspecified atom stereocenters. The van der Waals surface area contributed by atoms with E-state index in [1.807, 2.05) is 0 Å². The van der Waals surface area contributed by atoms with Crippen LogP contribution < -0.4 is 0 Å². The molecular weight excluding hydrogens is 326 g/mol. The fraction of sp³-hybridized carbons (Fsp3) is 0.500. The molecule has 1 aromatic heterocycles. The highest BCUT2D eigenvalue weighted by Crippen LogP contribution is 2.42. The highest BCUT2D eigenvalue weighted by molar-refractivity contribution is 7.86. The summed E-state index contributed by atoms with van der Waals surface area (Å²) < 4.78 is 38.1. The minimum absolute atomic E-state index is 0.0995. The van der Waals surface area contributed by atoms with Gasteiger partial charge < -0.3 is 9.84 Å². The molecular formula is C14H17NO7S. The summed E-state index contributed by atoms with van der Waals surface area (Å²) >= 11 is 0. The summed E-state index contributed by atoms with van der Waals surface area (Å²) in [5.41, 5.74) is -0.394. The maximum atomic E-state index is 12.1. The lowest BCUT2D eigenvalue weighted by molar-refractivity contribution is -0.121. The summed E-state index contributed by atoms with van der Waals surface area (Å²) in [6.07, 6.45) is 1.67. The van der Waals surface area contributed by atoms with Gasteiger partial charge in [-0.15, -0.1) is 0 Å². The van der Waals surface area contributed by atoms with Crippen LogP contribution in [0.25, 0.3) is 0 Å². The van der Waals surface area contributed by atoms with E-state index in [0.717, 1.165) is 7.11 Å². The number of nitrogens with zero attached hydrogens (tertiary/aromatic N) is 1. The number of Topliss-reactive ketones (excluding diaryl/α,β-unsaturated/α-hetero) is 1. The Labute approximate surface area is 133 Å². The van der Waals surface area contributed by atoms with Crippen LogP contribution in [-0.4, -0.2) is 48.5 Å². The largest absolute Gasteiger partial charge is 0.465 e. The molecule has 23 heavy (non-hydrogen) atoms. The lowest BCUT2D eigenvalue weighted by Crippen LogP contribution is -2.32. The first kappa shape index (κ1) is 17.5. The smallest absolute Gasteiger partial charge is 0.339 e. The molecule has 126 valence electrons. The summed E-state index contributed by atoms with van der Waals surface area (Å²) in [6.45, 7) is -0.400. The number of carbonyl (C=O) groups is 2. The quantitative estimate of drug-likeness (QED) is 0.579. The van der Waals surface area contributed by atoms with E-state index >= 15 is 0 Å². The Bertz CT molecular complexity index is 716. The number of ketones is 1. The summed E-state index contributed by atoms with van der Waals surface area (Å²) in [7, 11) is -3.62. The number of methoxy groups -OCH3 is 1. The highest BCUT2D eigenvalue weighted by Gasteiger charge is 2.48. The Morgan fingerprint density at radius 2 is 2.22 bits per heavy atom. The molecule has 0 amide bonds. The normalized spacial score (nSPS) is 22.8. The van der Waals surface area contributed by atoms with E-state index in [1.54, 1.807) is 0 Å². The average molecular weight is 343 g/mol. The number of aliphatic hydroxyl groups excluding tert-OH is 1. The highest BCUT2D eigenvalue weighted by atomic mass is 32.2. The van der Waals surface area contributed by atoms with E-state index in [1.165, 1.54) is 18.3 Å². The van der Waals surface area contributed by atoms with Crippen molar-refractivity contribution in [3.8, 4) is 0 Å². The molecule has 8 nitrogen and oxygen atoms in total. The molecule has 1 saturated carbocycles. The Balaban J connectivity index is 2.62. The van der Waals surface area contributed by atoms with Gasteiger partial charge in [-0.1, -0.05) is 0 Å². The maximum Gasteiger partial charge on any atom is 0.339 e. The first-order valence-electron chi connectivity index (χ1n) is 6.94. The van der Waals surface area contributed by atoms with Gasteiger partial charge in [0.2, 0.25) is 0 Å². The molecule has 0 spiro atoms. The molecule has 3 atom stereocenters. The molecule has 1 fully saturated rings. The number of ether oxygens (including phenoxy) is 1. The van der Waals surface area contributed by atoms with E-state index in [2.05, 4.69) is 9.72 Å². The minimum atomic E-state index is -4.74. The van der Waals surface area contributed by atoms with Crippen molar-refractivity contribution < 1.29 is 32.4 Å². The van der Waals surface area contributed by atoms with Crippen LogP contribution in [0.5, 0.6) is 0 Å². The molecule has 0 bridgehead atoms. The van der Waals surface area contributed by atoms with Gasteiger partial charge in [0.05, 0.1) is 18.4 Å². The number of aliphatic hydroxyl groups is 1. The predicted octanol–water partition coefficient (Wildman–Crippen LogP) is 0.385. The maximum absolute atomic E-state index is 12.1. The van der Waals surface area contributed by atoms with Crippen LogP contribution in [0.2, 0.25) is 0 Å². The lowest BCUT2D eigenvalue weighted by atomic mass is 9.89. The monoisotopic (exact) mass is 343 g/mol. The Morgan fingerprint density at radius 3 is 2.78 bits per heavy atom. The molecule has 0 saturated heterocycles. The molecule has 1 aliphatic rings. The second kappa shape index (κ2) is 6.73. The van der Waals surface area contributed by atoms with E-state index in [4.69, 9.17) is 0 Å². The summed E-state index contributed by atoms with van der Waals surface area (Å²) in [5.74, 6) is -3.00. The molecule has 1 aliphatic carbocycles. The van der Waals surface area contributed by atoms with Crippen molar-refractivity contribution in [2.45, 2.75) is 18.1 Å². The van der Waals surface area contributed by atoms with Gasteiger partial charge in [0.15, 0.2) is 0 Å². The fourth-order valence-electron chi connectivity index (χ4n) is 2.98. The van der Waals surface area contributed by atoms with Crippen LogP contribution in [0.1, 0.15) is 34.1 Å². The van der Waals surface area contributed by atoms with Crippen molar-refractivity contribution in [1.82, 2.24) is 4.98 Å². The first-order chi connectivity index (χ1) is 10.8. The lowest BCUT2D eigenvalue weighted by Gasteiger charge is -2.24. The summed E-state index contributed by atoms with van der Waals surface area (Å²) in [6, 6.07) is 2.72. The van der Waals surface area contributed by atoms with Crippen LogP contribution in [0.4, 0.5) is 0 Å². The van der Waals surface area contributed by atoms with Gasteiger partial charge in [-0.3, -0.25) is 14.3 Å². The number of pyridine rings is 1. The number of carbonyl (C=O) groups excluding carboxylic acids is 2. The molecule has 1 aromatic rings. The zero-order valence-electron chi connectivity index (χ0n) is 12.4. The van der Waals surface area contributed by atoms with Gasteiger partial charge in [0.25, 0.3) is 10.1 Å². The topological polar surface area (TPSA) is 131 Å².